The van der Waals surface area contributed by atoms with Gasteiger partial charge in [0.25, 0.3) is 0 Å². The molecule has 3 heteroatoms. The van der Waals surface area contributed by atoms with Crippen LogP contribution in [-0.4, -0.2) is 18.0 Å². The van der Waals surface area contributed by atoms with E-state index < -0.39 is 0 Å². The lowest BCUT2D eigenvalue weighted by molar-refractivity contribution is 0.185. The average Bonchev–Trinajstić information content (AvgIpc) is 2.49. The SMILES string of the molecule is CC1CCN(Cc2ccc(C=C(C#N)C#N)cc2)CC1. The zero-order valence-electron chi connectivity index (χ0n) is 11.8. The molecule has 0 spiro atoms. The molecule has 1 heterocycles. The van der Waals surface area contributed by atoms with Gasteiger partial charge in [-0.3, -0.25) is 4.90 Å². The monoisotopic (exact) mass is 265 g/mol. The van der Waals surface area contributed by atoms with E-state index in [4.69, 9.17) is 10.5 Å². The number of piperidine rings is 1. The first-order chi connectivity index (χ1) is 9.71. The Hall–Kier alpha value is -2.10. The summed E-state index contributed by atoms with van der Waals surface area (Å²) in [5, 5.41) is 17.5. The minimum Gasteiger partial charge on any atom is -0.299 e. The Morgan fingerprint density at radius 2 is 1.80 bits per heavy atom. The summed E-state index contributed by atoms with van der Waals surface area (Å²) >= 11 is 0. The molecule has 0 saturated carbocycles. The molecule has 1 saturated heterocycles. The van der Waals surface area contributed by atoms with Crippen molar-refractivity contribution in [3.05, 3.63) is 41.0 Å². The van der Waals surface area contributed by atoms with E-state index in [1.165, 1.54) is 31.5 Å². The van der Waals surface area contributed by atoms with Crippen molar-refractivity contribution >= 4 is 6.08 Å². The van der Waals surface area contributed by atoms with Crippen molar-refractivity contribution < 1.29 is 0 Å². The Morgan fingerprint density at radius 3 is 2.35 bits per heavy atom. The van der Waals surface area contributed by atoms with Crippen molar-refractivity contribution in [1.29, 1.82) is 10.5 Å². The maximum atomic E-state index is 8.73. The minimum atomic E-state index is 0.141. The zero-order chi connectivity index (χ0) is 14.4. The van der Waals surface area contributed by atoms with Crippen LogP contribution in [0.5, 0.6) is 0 Å². The van der Waals surface area contributed by atoms with Crippen LogP contribution in [0.1, 0.15) is 30.9 Å². The molecular weight excluding hydrogens is 246 g/mol. The van der Waals surface area contributed by atoms with Gasteiger partial charge in [0.2, 0.25) is 0 Å². The molecule has 1 aliphatic heterocycles. The lowest BCUT2D eigenvalue weighted by Gasteiger charge is -2.30. The molecule has 1 aromatic carbocycles. The summed E-state index contributed by atoms with van der Waals surface area (Å²) in [4.78, 5) is 2.49. The van der Waals surface area contributed by atoms with Crippen LogP contribution in [-0.2, 0) is 6.54 Å². The molecule has 0 amide bonds. The minimum absolute atomic E-state index is 0.141. The number of rotatable bonds is 3. The molecule has 1 aliphatic rings. The van der Waals surface area contributed by atoms with Gasteiger partial charge in [0.15, 0.2) is 0 Å². The molecule has 0 aromatic heterocycles. The Kier molecular flexibility index (Phi) is 4.93. The molecule has 0 N–H and O–H groups in total. The maximum absolute atomic E-state index is 8.73. The van der Waals surface area contributed by atoms with Crippen molar-refractivity contribution in [2.45, 2.75) is 26.3 Å². The van der Waals surface area contributed by atoms with Crippen LogP contribution < -0.4 is 0 Å². The Labute approximate surface area is 120 Å². The Bertz CT molecular complexity index is 533. The van der Waals surface area contributed by atoms with E-state index in [2.05, 4.69) is 24.0 Å². The lowest BCUT2D eigenvalue weighted by atomic mass is 9.99. The summed E-state index contributed by atoms with van der Waals surface area (Å²) in [6.07, 6.45) is 4.19. The van der Waals surface area contributed by atoms with E-state index in [1.807, 2.05) is 24.3 Å². The molecule has 0 radical (unpaired) electrons. The van der Waals surface area contributed by atoms with E-state index in [0.29, 0.717) is 0 Å². The molecule has 20 heavy (non-hydrogen) atoms. The molecular formula is C17H19N3. The van der Waals surface area contributed by atoms with Crippen molar-refractivity contribution in [3.8, 4) is 12.1 Å². The summed E-state index contributed by atoms with van der Waals surface area (Å²) in [6.45, 7) is 5.66. The number of likely N-dealkylation sites (tertiary alicyclic amines) is 1. The van der Waals surface area contributed by atoms with Crippen LogP contribution in [0.4, 0.5) is 0 Å². The van der Waals surface area contributed by atoms with Gasteiger partial charge in [-0.1, -0.05) is 31.2 Å². The van der Waals surface area contributed by atoms with Crippen LogP contribution in [0.15, 0.2) is 29.8 Å². The quantitative estimate of drug-likeness (QED) is 0.787. The second-order valence-corrected chi connectivity index (χ2v) is 5.48. The van der Waals surface area contributed by atoms with Crippen LogP contribution in [0.25, 0.3) is 6.08 Å². The Balaban J connectivity index is 1.97. The highest BCUT2D eigenvalue weighted by Gasteiger charge is 2.15. The largest absolute Gasteiger partial charge is 0.299 e. The molecule has 3 nitrogen and oxygen atoms in total. The number of allylic oxidation sites excluding steroid dienone is 1. The van der Waals surface area contributed by atoms with Crippen LogP contribution in [0.2, 0.25) is 0 Å². The van der Waals surface area contributed by atoms with E-state index in [-0.39, 0.29) is 5.57 Å². The first kappa shape index (κ1) is 14.3. The molecule has 0 bridgehead atoms. The van der Waals surface area contributed by atoms with E-state index in [9.17, 15) is 0 Å². The molecule has 0 aliphatic carbocycles. The van der Waals surface area contributed by atoms with Crippen molar-refractivity contribution in [3.63, 3.8) is 0 Å². The number of hydrogen-bond acceptors (Lipinski definition) is 3. The fourth-order valence-corrected chi connectivity index (χ4v) is 2.45. The van der Waals surface area contributed by atoms with Gasteiger partial charge in [-0.2, -0.15) is 10.5 Å². The summed E-state index contributed by atoms with van der Waals surface area (Å²) in [6, 6.07) is 11.8. The third-order valence-corrected chi connectivity index (χ3v) is 3.81. The highest BCUT2D eigenvalue weighted by molar-refractivity contribution is 5.61. The van der Waals surface area contributed by atoms with E-state index in [1.54, 1.807) is 6.08 Å². The van der Waals surface area contributed by atoms with Gasteiger partial charge >= 0.3 is 0 Å². The predicted octanol–water partition coefficient (Wildman–Crippen LogP) is 3.35. The number of benzene rings is 1. The normalized spacial score (nSPS) is 16.1. The molecule has 0 unspecified atom stereocenters. The third kappa shape index (κ3) is 3.95. The summed E-state index contributed by atoms with van der Waals surface area (Å²) in [5.74, 6) is 0.856. The average molecular weight is 265 g/mol. The zero-order valence-corrected chi connectivity index (χ0v) is 11.8. The fraction of sp³-hybridized carbons (Fsp3) is 0.412. The summed E-state index contributed by atoms with van der Waals surface area (Å²) in [7, 11) is 0. The standard InChI is InChI=1S/C17H19N3/c1-14-6-8-20(9-7-14)13-16-4-2-15(3-5-16)10-17(11-18)12-19/h2-5,10,14H,6-9,13H2,1H3. The van der Waals surface area contributed by atoms with Gasteiger partial charge in [-0.05, 0) is 49.1 Å². The van der Waals surface area contributed by atoms with Crippen LogP contribution in [0.3, 0.4) is 0 Å². The topological polar surface area (TPSA) is 50.8 Å². The predicted molar refractivity (Wildman–Crippen MR) is 79.3 cm³/mol. The highest BCUT2D eigenvalue weighted by atomic mass is 15.1. The van der Waals surface area contributed by atoms with Crippen LogP contribution in [0, 0.1) is 28.6 Å². The smallest absolute Gasteiger partial charge is 0.130 e. The maximum Gasteiger partial charge on any atom is 0.130 e. The Morgan fingerprint density at radius 1 is 1.20 bits per heavy atom. The molecule has 102 valence electrons. The first-order valence-corrected chi connectivity index (χ1v) is 7.04. The molecule has 1 aromatic rings. The number of nitrogens with zero attached hydrogens (tertiary/aromatic N) is 3. The lowest BCUT2D eigenvalue weighted by Crippen LogP contribution is -2.32. The van der Waals surface area contributed by atoms with Gasteiger partial charge < -0.3 is 0 Å². The molecule has 2 rings (SSSR count). The molecule has 0 atom stereocenters. The molecule has 1 fully saturated rings. The summed E-state index contributed by atoms with van der Waals surface area (Å²) in [5.41, 5.74) is 2.33. The van der Waals surface area contributed by atoms with Gasteiger partial charge in [0.1, 0.15) is 17.7 Å². The van der Waals surface area contributed by atoms with Crippen molar-refractivity contribution in [2.24, 2.45) is 5.92 Å². The number of nitriles is 2. The van der Waals surface area contributed by atoms with Crippen molar-refractivity contribution in [1.82, 2.24) is 4.90 Å². The van der Waals surface area contributed by atoms with Gasteiger partial charge in [0.05, 0.1) is 0 Å². The van der Waals surface area contributed by atoms with Gasteiger partial charge in [0, 0.05) is 6.54 Å². The summed E-state index contributed by atoms with van der Waals surface area (Å²) < 4.78 is 0. The second kappa shape index (κ2) is 6.89. The third-order valence-electron chi connectivity index (χ3n) is 3.81. The van der Waals surface area contributed by atoms with Crippen LogP contribution >= 0.6 is 0 Å². The first-order valence-electron chi connectivity index (χ1n) is 7.04. The van der Waals surface area contributed by atoms with E-state index in [0.717, 1.165) is 18.0 Å². The van der Waals surface area contributed by atoms with E-state index >= 15 is 0 Å². The highest BCUT2D eigenvalue weighted by Crippen LogP contribution is 2.18. The van der Waals surface area contributed by atoms with Gasteiger partial charge in [-0.15, -0.1) is 0 Å². The van der Waals surface area contributed by atoms with Crippen molar-refractivity contribution in [2.75, 3.05) is 13.1 Å². The van der Waals surface area contributed by atoms with Gasteiger partial charge in [-0.25, -0.2) is 0 Å². The number of hydrogen-bond donors (Lipinski definition) is 0. The fourth-order valence-electron chi connectivity index (χ4n) is 2.45. The second-order valence-electron chi connectivity index (χ2n) is 5.48.